The van der Waals surface area contributed by atoms with Crippen molar-refractivity contribution in [1.29, 1.82) is 0 Å². The second kappa shape index (κ2) is 5.91. The van der Waals surface area contributed by atoms with E-state index < -0.39 is 6.09 Å². The molecule has 2 rings (SSSR count). The van der Waals surface area contributed by atoms with Crippen LogP contribution in [0, 0.1) is 0 Å². The Hall–Kier alpha value is -1.78. The van der Waals surface area contributed by atoms with Crippen molar-refractivity contribution in [3.05, 3.63) is 23.0 Å². The van der Waals surface area contributed by atoms with Gasteiger partial charge in [-0.3, -0.25) is 4.79 Å². The quantitative estimate of drug-likeness (QED) is 0.902. The van der Waals surface area contributed by atoms with Crippen LogP contribution in [0.5, 0.6) is 0 Å². The molecule has 0 aromatic carbocycles. The van der Waals surface area contributed by atoms with Crippen molar-refractivity contribution in [2.24, 2.45) is 7.05 Å². The highest BCUT2D eigenvalue weighted by atomic mass is 16.5. The Balaban J connectivity index is 2.01. The number of alkyl carbamates (subject to hydrolysis) is 1. The van der Waals surface area contributed by atoms with Gasteiger partial charge < -0.3 is 14.6 Å². The van der Waals surface area contributed by atoms with Crippen LogP contribution in [-0.4, -0.2) is 29.6 Å². The van der Waals surface area contributed by atoms with Gasteiger partial charge in [0.25, 0.3) is 0 Å². The number of ketones is 1. The van der Waals surface area contributed by atoms with Crippen molar-refractivity contribution in [2.45, 2.75) is 32.6 Å². The van der Waals surface area contributed by atoms with Crippen LogP contribution in [0.15, 0.2) is 6.20 Å². The Morgan fingerprint density at radius 2 is 2.26 bits per heavy atom. The molecule has 0 saturated heterocycles. The van der Waals surface area contributed by atoms with Gasteiger partial charge in [-0.1, -0.05) is 0 Å². The van der Waals surface area contributed by atoms with E-state index in [9.17, 15) is 9.59 Å². The zero-order chi connectivity index (χ0) is 13.8. The number of carbonyl (C=O) groups excluding carboxylic acids is 2. The van der Waals surface area contributed by atoms with E-state index in [1.807, 2.05) is 17.8 Å². The van der Waals surface area contributed by atoms with Crippen LogP contribution in [0.3, 0.4) is 0 Å². The van der Waals surface area contributed by atoms with Gasteiger partial charge in [0, 0.05) is 37.5 Å². The number of rotatable bonds is 4. The molecule has 1 N–H and O–H groups in total. The van der Waals surface area contributed by atoms with Crippen molar-refractivity contribution in [1.82, 2.24) is 9.88 Å². The zero-order valence-corrected chi connectivity index (χ0v) is 11.5. The summed E-state index contributed by atoms with van der Waals surface area (Å²) in [7, 11) is 1.97. The minimum atomic E-state index is -0.404. The molecule has 0 saturated carbocycles. The number of aromatic nitrogens is 1. The summed E-state index contributed by atoms with van der Waals surface area (Å²) < 4.78 is 6.83. The molecule has 1 aromatic heterocycles. The Morgan fingerprint density at radius 3 is 3.00 bits per heavy atom. The molecule has 1 amide bonds. The Bertz CT molecular complexity index is 491. The highest BCUT2D eigenvalue weighted by Crippen LogP contribution is 2.26. The molecule has 5 nitrogen and oxygen atoms in total. The molecule has 19 heavy (non-hydrogen) atoms. The number of carbonyl (C=O) groups is 2. The molecule has 0 aliphatic heterocycles. The van der Waals surface area contributed by atoms with E-state index in [1.54, 1.807) is 6.92 Å². The largest absolute Gasteiger partial charge is 0.450 e. The van der Waals surface area contributed by atoms with Gasteiger partial charge in [0.05, 0.1) is 6.61 Å². The third-order valence-corrected chi connectivity index (χ3v) is 3.42. The first kappa shape index (κ1) is 13.6. The van der Waals surface area contributed by atoms with Crippen LogP contribution in [-0.2, 0) is 24.6 Å². The minimum absolute atomic E-state index is 0.230. The van der Waals surface area contributed by atoms with Gasteiger partial charge in [0.2, 0.25) is 0 Å². The number of Topliss-reactive ketones (excluding diaryl/α,β-unsaturated/α-hetero) is 1. The average molecular weight is 264 g/mol. The molecular formula is C14H20N2O3. The molecule has 0 spiro atoms. The first-order valence-corrected chi connectivity index (χ1v) is 6.74. The fraction of sp³-hybridized carbons (Fsp3) is 0.571. The lowest BCUT2D eigenvalue weighted by Gasteiger charge is -2.13. The summed E-state index contributed by atoms with van der Waals surface area (Å²) in [6.45, 7) is 2.62. The number of nitrogens with one attached hydrogen (secondary N) is 1. The second-order valence-electron chi connectivity index (χ2n) is 4.76. The topological polar surface area (TPSA) is 60.3 Å². The number of ether oxygens (including phenoxy) is 1. The van der Waals surface area contributed by atoms with E-state index >= 15 is 0 Å². The third-order valence-electron chi connectivity index (χ3n) is 3.42. The van der Waals surface area contributed by atoms with Crippen molar-refractivity contribution in [3.8, 4) is 0 Å². The highest BCUT2D eigenvalue weighted by Gasteiger charge is 2.23. The Labute approximate surface area is 112 Å². The van der Waals surface area contributed by atoms with E-state index in [1.165, 1.54) is 0 Å². The lowest BCUT2D eigenvalue weighted by Crippen LogP contribution is -2.26. The van der Waals surface area contributed by atoms with Crippen LogP contribution < -0.4 is 5.32 Å². The number of fused-ring (bicyclic) bond motifs is 1. The molecule has 0 unspecified atom stereocenters. The summed E-state index contributed by atoms with van der Waals surface area (Å²) >= 11 is 0. The van der Waals surface area contributed by atoms with Crippen molar-refractivity contribution < 1.29 is 14.3 Å². The lowest BCUT2D eigenvalue weighted by molar-refractivity contribution is 0.0971. The first-order chi connectivity index (χ1) is 9.13. The monoisotopic (exact) mass is 264 g/mol. The molecule has 5 heteroatoms. The van der Waals surface area contributed by atoms with Gasteiger partial charge in [-0.15, -0.1) is 0 Å². The standard InChI is InChI=1S/C14H20N2O3/c1-3-19-14(18)15-8-7-10-9-16(2)11-5-4-6-12(17)13(10)11/h9H,3-8H2,1-2H3,(H,15,18). The maximum Gasteiger partial charge on any atom is 0.407 e. The van der Waals surface area contributed by atoms with Crippen LogP contribution in [0.1, 0.15) is 41.4 Å². The molecule has 1 heterocycles. The third kappa shape index (κ3) is 2.97. The predicted octanol–water partition coefficient (Wildman–Crippen LogP) is 1.83. The van der Waals surface area contributed by atoms with Crippen molar-refractivity contribution >= 4 is 11.9 Å². The van der Waals surface area contributed by atoms with Crippen molar-refractivity contribution in [2.75, 3.05) is 13.2 Å². The molecule has 104 valence electrons. The molecular weight excluding hydrogens is 244 g/mol. The van der Waals surface area contributed by atoms with E-state index in [0.717, 1.165) is 29.7 Å². The number of hydrogen-bond donors (Lipinski definition) is 1. The predicted molar refractivity (Wildman–Crippen MR) is 71.4 cm³/mol. The number of hydrogen-bond acceptors (Lipinski definition) is 3. The van der Waals surface area contributed by atoms with Gasteiger partial charge in [-0.25, -0.2) is 4.79 Å². The zero-order valence-electron chi connectivity index (χ0n) is 11.5. The van der Waals surface area contributed by atoms with Crippen LogP contribution in [0.4, 0.5) is 4.79 Å². The summed E-state index contributed by atoms with van der Waals surface area (Å²) in [4.78, 5) is 23.2. The normalized spacial score (nSPS) is 14.1. The maximum absolute atomic E-state index is 12.0. The van der Waals surface area contributed by atoms with Crippen molar-refractivity contribution in [3.63, 3.8) is 0 Å². The number of amides is 1. The minimum Gasteiger partial charge on any atom is -0.450 e. The highest BCUT2D eigenvalue weighted by molar-refractivity contribution is 5.99. The van der Waals surface area contributed by atoms with Gasteiger partial charge >= 0.3 is 6.09 Å². The Kier molecular flexibility index (Phi) is 4.24. The molecule has 1 aromatic rings. The van der Waals surface area contributed by atoms with E-state index in [-0.39, 0.29) is 5.78 Å². The lowest BCUT2D eigenvalue weighted by atomic mass is 9.93. The summed E-state index contributed by atoms with van der Waals surface area (Å²) in [5.41, 5.74) is 3.03. The van der Waals surface area contributed by atoms with Gasteiger partial charge in [0.15, 0.2) is 5.78 Å². The van der Waals surface area contributed by atoms with E-state index in [0.29, 0.717) is 26.0 Å². The molecule has 0 atom stereocenters. The van der Waals surface area contributed by atoms with Gasteiger partial charge in [0.1, 0.15) is 0 Å². The molecule has 1 aliphatic carbocycles. The second-order valence-corrected chi connectivity index (χ2v) is 4.76. The van der Waals surface area contributed by atoms with Gasteiger partial charge in [-0.2, -0.15) is 0 Å². The van der Waals surface area contributed by atoms with Crippen LogP contribution in [0.2, 0.25) is 0 Å². The smallest absolute Gasteiger partial charge is 0.407 e. The van der Waals surface area contributed by atoms with E-state index in [2.05, 4.69) is 5.32 Å². The van der Waals surface area contributed by atoms with Crippen LogP contribution in [0.25, 0.3) is 0 Å². The first-order valence-electron chi connectivity index (χ1n) is 6.74. The number of aryl methyl sites for hydroxylation is 1. The maximum atomic E-state index is 12.0. The molecule has 1 aliphatic rings. The summed E-state index contributed by atoms with van der Waals surface area (Å²) in [6.07, 6.45) is 4.79. The molecule has 0 bridgehead atoms. The molecule has 0 radical (unpaired) electrons. The average Bonchev–Trinajstić information content (AvgIpc) is 2.68. The summed E-state index contributed by atoms with van der Waals surface area (Å²) in [6, 6.07) is 0. The SMILES string of the molecule is CCOC(=O)NCCc1cn(C)c2c1C(=O)CCC2. The fourth-order valence-electron chi connectivity index (χ4n) is 2.59. The van der Waals surface area contributed by atoms with Crippen LogP contribution >= 0.6 is 0 Å². The summed E-state index contributed by atoms with van der Waals surface area (Å²) in [5, 5.41) is 2.68. The van der Waals surface area contributed by atoms with Gasteiger partial charge in [-0.05, 0) is 31.7 Å². The summed E-state index contributed by atoms with van der Waals surface area (Å²) in [5.74, 6) is 0.230. The Morgan fingerprint density at radius 1 is 1.47 bits per heavy atom. The van der Waals surface area contributed by atoms with E-state index in [4.69, 9.17) is 4.74 Å². The fourth-order valence-corrected chi connectivity index (χ4v) is 2.59. The molecule has 0 fully saturated rings. The number of nitrogens with zero attached hydrogens (tertiary/aromatic N) is 1.